The quantitative estimate of drug-likeness (QED) is 0.766. The van der Waals surface area contributed by atoms with Crippen LogP contribution in [0.4, 0.5) is 4.39 Å². The molecule has 0 spiro atoms. The molecule has 0 amide bonds. The van der Waals surface area contributed by atoms with Crippen molar-refractivity contribution < 1.29 is 13.9 Å². The second-order valence-electron chi connectivity index (χ2n) is 4.78. The smallest absolute Gasteiger partial charge is 0.312 e. The van der Waals surface area contributed by atoms with Gasteiger partial charge in [-0.15, -0.1) is 0 Å². The molecule has 1 aromatic carbocycles. The van der Waals surface area contributed by atoms with Gasteiger partial charge in [0.05, 0.1) is 12.5 Å². The number of halogens is 1. The number of rotatable bonds is 3. The molecule has 0 aliphatic heterocycles. The predicted molar refractivity (Wildman–Crippen MR) is 67.8 cm³/mol. The van der Waals surface area contributed by atoms with E-state index in [2.05, 4.69) is 0 Å². The van der Waals surface area contributed by atoms with E-state index < -0.39 is 17.6 Å². The van der Waals surface area contributed by atoms with Gasteiger partial charge in [-0.3, -0.25) is 4.79 Å². The fourth-order valence-electron chi connectivity index (χ4n) is 2.74. The van der Waals surface area contributed by atoms with E-state index in [-0.39, 0.29) is 0 Å². The van der Waals surface area contributed by atoms with Crippen molar-refractivity contribution in [1.29, 1.82) is 0 Å². The van der Waals surface area contributed by atoms with Gasteiger partial charge in [-0.2, -0.15) is 0 Å². The van der Waals surface area contributed by atoms with Crippen molar-refractivity contribution in [2.24, 2.45) is 5.92 Å². The van der Waals surface area contributed by atoms with E-state index in [9.17, 15) is 4.79 Å². The molecule has 2 rings (SSSR count). The lowest BCUT2D eigenvalue weighted by atomic mass is 9.73. The van der Waals surface area contributed by atoms with Crippen LogP contribution in [0.15, 0.2) is 30.3 Å². The second-order valence-corrected chi connectivity index (χ2v) is 4.78. The minimum Gasteiger partial charge on any atom is -0.466 e. The highest BCUT2D eigenvalue weighted by Gasteiger charge is 2.47. The van der Waals surface area contributed by atoms with Crippen LogP contribution in [0.25, 0.3) is 0 Å². The molecule has 0 radical (unpaired) electrons. The summed E-state index contributed by atoms with van der Waals surface area (Å²) < 4.78 is 20.3. The standard InChI is InChI=1S/C15H19FO2/c1-2-18-14(17)13-10-6-7-11-15(13,16)12-8-4-3-5-9-12/h3-5,8-9,13H,2,6-7,10-11H2,1H3/t13-,15+/m1/s1. The van der Waals surface area contributed by atoms with Crippen molar-refractivity contribution in [2.45, 2.75) is 38.3 Å². The first-order valence-electron chi connectivity index (χ1n) is 6.59. The Labute approximate surface area is 107 Å². The van der Waals surface area contributed by atoms with Crippen molar-refractivity contribution in [3.8, 4) is 0 Å². The second kappa shape index (κ2) is 5.51. The van der Waals surface area contributed by atoms with Gasteiger partial charge in [-0.25, -0.2) is 4.39 Å². The van der Waals surface area contributed by atoms with Gasteiger partial charge in [0.15, 0.2) is 0 Å². The summed E-state index contributed by atoms with van der Waals surface area (Å²) in [7, 11) is 0. The van der Waals surface area contributed by atoms with Crippen LogP contribution in [0.5, 0.6) is 0 Å². The highest BCUT2D eigenvalue weighted by Crippen LogP contribution is 2.45. The molecule has 1 aromatic rings. The third-order valence-electron chi connectivity index (χ3n) is 3.66. The van der Waals surface area contributed by atoms with Gasteiger partial charge in [0.2, 0.25) is 0 Å². The van der Waals surface area contributed by atoms with E-state index in [0.717, 1.165) is 12.8 Å². The Hall–Kier alpha value is -1.38. The fraction of sp³-hybridized carbons (Fsp3) is 0.533. The minimum atomic E-state index is -1.56. The van der Waals surface area contributed by atoms with Crippen LogP contribution in [-0.4, -0.2) is 12.6 Å². The molecule has 0 unspecified atom stereocenters. The van der Waals surface area contributed by atoms with Crippen molar-refractivity contribution in [3.63, 3.8) is 0 Å². The molecule has 0 heterocycles. The van der Waals surface area contributed by atoms with Crippen molar-refractivity contribution in [3.05, 3.63) is 35.9 Å². The third kappa shape index (κ3) is 2.40. The maximum atomic E-state index is 15.2. The molecule has 3 heteroatoms. The first-order valence-corrected chi connectivity index (χ1v) is 6.59. The maximum absolute atomic E-state index is 15.2. The molecule has 2 atom stereocenters. The topological polar surface area (TPSA) is 26.3 Å². The van der Waals surface area contributed by atoms with Crippen LogP contribution in [0, 0.1) is 5.92 Å². The van der Waals surface area contributed by atoms with Crippen LogP contribution < -0.4 is 0 Å². The lowest BCUT2D eigenvalue weighted by molar-refractivity contribution is -0.157. The molecule has 2 nitrogen and oxygen atoms in total. The Kier molecular flexibility index (Phi) is 4.00. The zero-order chi connectivity index (χ0) is 13.0. The van der Waals surface area contributed by atoms with E-state index in [1.54, 1.807) is 19.1 Å². The molecular weight excluding hydrogens is 231 g/mol. The average molecular weight is 250 g/mol. The summed E-state index contributed by atoms with van der Waals surface area (Å²) in [5, 5.41) is 0. The average Bonchev–Trinajstić information content (AvgIpc) is 2.40. The minimum absolute atomic E-state index is 0.306. The van der Waals surface area contributed by atoms with Crippen LogP contribution in [-0.2, 0) is 15.2 Å². The molecule has 18 heavy (non-hydrogen) atoms. The van der Waals surface area contributed by atoms with E-state index >= 15 is 4.39 Å². The highest BCUT2D eigenvalue weighted by atomic mass is 19.1. The number of ether oxygens (including phenoxy) is 1. The lowest BCUT2D eigenvalue weighted by Crippen LogP contribution is -2.39. The normalized spacial score (nSPS) is 27.8. The van der Waals surface area contributed by atoms with E-state index in [4.69, 9.17) is 4.74 Å². The number of esters is 1. The molecule has 1 aliphatic carbocycles. The molecule has 0 aromatic heterocycles. The van der Waals surface area contributed by atoms with Crippen molar-refractivity contribution >= 4 is 5.97 Å². The van der Waals surface area contributed by atoms with E-state index in [1.165, 1.54) is 0 Å². The summed E-state index contributed by atoms with van der Waals surface area (Å²) in [6.45, 7) is 2.06. The van der Waals surface area contributed by atoms with Gasteiger partial charge in [-0.05, 0) is 31.7 Å². The van der Waals surface area contributed by atoms with Crippen molar-refractivity contribution in [1.82, 2.24) is 0 Å². The lowest BCUT2D eigenvalue weighted by Gasteiger charge is -2.36. The van der Waals surface area contributed by atoms with E-state index in [0.29, 0.717) is 25.0 Å². The third-order valence-corrected chi connectivity index (χ3v) is 3.66. The summed E-state index contributed by atoms with van der Waals surface area (Å²) >= 11 is 0. The Morgan fingerprint density at radius 1 is 1.39 bits per heavy atom. The van der Waals surface area contributed by atoms with Crippen LogP contribution in [0.1, 0.15) is 38.2 Å². The monoisotopic (exact) mass is 250 g/mol. The number of carbonyl (C=O) groups is 1. The van der Waals surface area contributed by atoms with Gasteiger partial charge in [0.1, 0.15) is 5.67 Å². The summed E-state index contributed by atoms with van der Waals surface area (Å²) in [5.74, 6) is -1.06. The van der Waals surface area contributed by atoms with Gasteiger partial charge < -0.3 is 4.74 Å². The van der Waals surface area contributed by atoms with Crippen molar-refractivity contribution in [2.75, 3.05) is 6.61 Å². The number of hydrogen-bond acceptors (Lipinski definition) is 2. The zero-order valence-corrected chi connectivity index (χ0v) is 10.7. The summed E-state index contributed by atoms with van der Waals surface area (Å²) in [6, 6.07) is 9.01. The molecule has 1 fully saturated rings. The van der Waals surface area contributed by atoms with E-state index in [1.807, 2.05) is 18.2 Å². The Bertz CT molecular complexity index is 404. The molecular formula is C15H19FO2. The highest BCUT2D eigenvalue weighted by molar-refractivity contribution is 5.74. The molecule has 0 bridgehead atoms. The first kappa shape index (κ1) is 13.1. The number of alkyl halides is 1. The predicted octanol–water partition coefficient (Wildman–Crippen LogP) is 3.60. The SMILES string of the molecule is CCOC(=O)[C@H]1CCCC[C@]1(F)c1ccccc1. The maximum Gasteiger partial charge on any atom is 0.312 e. The number of hydrogen-bond donors (Lipinski definition) is 0. The molecule has 1 aliphatic rings. The Morgan fingerprint density at radius 2 is 2.11 bits per heavy atom. The van der Waals surface area contributed by atoms with Crippen LogP contribution >= 0.6 is 0 Å². The summed E-state index contributed by atoms with van der Waals surface area (Å²) in [5.41, 5.74) is -0.964. The number of carbonyl (C=O) groups excluding carboxylic acids is 1. The van der Waals surface area contributed by atoms with Gasteiger partial charge in [-0.1, -0.05) is 36.8 Å². The molecule has 0 N–H and O–H groups in total. The van der Waals surface area contributed by atoms with Gasteiger partial charge in [0, 0.05) is 0 Å². The van der Waals surface area contributed by atoms with Crippen LogP contribution in [0.2, 0.25) is 0 Å². The number of benzene rings is 1. The van der Waals surface area contributed by atoms with Gasteiger partial charge in [0.25, 0.3) is 0 Å². The Morgan fingerprint density at radius 3 is 2.78 bits per heavy atom. The molecule has 0 saturated heterocycles. The Balaban J connectivity index is 2.29. The largest absolute Gasteiger partial charge is 0.466 e. The fourth-order valence-corrected chi connectivity index (χ4v) is 2.74. The summed E-state index contributed by atoms with van der Waals surface area (Å²) in [6.07, 6.45) is 2.69. The van der Waals surface area contributed by atoms with Crippen LogP contribution in [0.3, 0.4) is 0 Å². The molecule has 1 saturated carbocycles. The molecule has 98 valence electrons. The first-order chi connectivity index (χ1) is 8.68. The summed E-state index contributed by atoms with van der Waals surface area (Å²) in [4.78, 5) is 11.9. The van der Waals surface area contributed by atoms with Gasteiger partial charge >= 0.3 is 5.97 Å². The zero-order valence-electron chi connectivity index (χ0n) is 10.7.